The summed E-state index contributed by atoms with van der Waals surface area (Å²) >= 11 is 0. The standard InChI is InChI=1S/C18H12F9NO2S/c19-16(20,21)11-7-12(17(22,23)24)9-13(8-11)28-31(29,30)14-3-1-10(2-4-14)15(5-6-15)18(25,26)27/h1-4,7-9,28H,5-6H2. The Labute approximate surface area is 169 Å². The molecule has 0 aliphatic heterocycles. The van der Waals surface area contributed by atoms with E-state index in [4.69, 9.17) is 0 Å². The van der Waals surface area contributed by atoms with Gasteiger partial charge >= 0.3 is 18.5 Å². The predicted octanol–water partition coefficient (Wildman–Crippen LogP) is 6.12. The summed E-state index contributed by atoms with van der Waals surface area (Å²) in [5.41, 5.74) is -6.71. The zero-order valence-corrected chi connectivity index (χ0v) is 15.9. The van der Waals surface area contributed by atoms with Crippen LogP contribution in [0.5, 0.6) is 0 Å². The molecule has 170 valence electrons. The third kappa shape index (κ3) is 4.60. The van der Waals surface area contributed by atoms with Crippen LogP contribution in [0.15, 0.2) is 47.4 Å². The quantitative estimate of drug-likeness (QED) is 0.540. The fourth-order valence-electron chi connectivity index (χ4n) is 3.04. The Kier molecular flexibility index (Phi) is 5.27. The molecule has 13 heteroatoms. The molecule has 1 N–H and O–H groups in total. The molecular formula is C18H12F9NO2S. The second-order valence-electron chi connectivity index (χ2n) is 7.00. The van der Waals surface area contributed by atoms with Gasteiger partial charge in [0.1, 0.15) is 0 Å². The van der Waals surface area contributed by atoms with Crippen LogP contribution in [0.2, 0.25) is 0 Å². The van der Waals surface area contributed by atoms with Gasteiger partial charge < -0.3 is 0 Å². The zero-order valence-electron chi connectivity index (χ0n) is 15.1. The molecule has 0 heterocycles. The summed E-state index contributed by atoms with van der Waals surface area (Å²) in [6.07, 6.45) is -15.3. The van der Waals surface area contributed by atoms with Crippen LogP contribution >= 0.6 is 0 Å². The predicted molar refractivity (Wildman–Crippen MR) is 90.7 cm³/mol. The summed E-state index contributed by atoms with van der Waals surface area (Å²) in [5.74, 6) is 0. The highest BCUT2D eigenvalue weighted by atomic mass is 32.2. The maximum absolute atomic E-state index is 13.2. The molecule has 2 aromatic rings. The van der Waals surface area contributed by atoms with Crippen LogP contribution < -0.4 is 4.72 Å². The molecule has 31 heavy (non-hydrogen) atoms. The first-order valence-electron chi connectivity index (χ1n) is 8.45. The summed E-state index contributed by atoms with van der Waals surface area (Å²) in [5, 5.41) is 0. The van der Waals surface area contributed by atoms with E-state index in [0.29, 0.717) is 0 Å². The Morgan fingerprint density at radius 1 is 0.742 bits per heavy atom. The molecule has 0 spiro atoms. The van der Waals surface area contributed by atoms with E-state index >= 15 is 0 Å². The third-order valence-corrected chi connectivity index (χ3v) is 6.25. The SMILES string of the molecule is O=S(=O)(Nc1cc(C(F)(F)F)cc(C(F)(F)F)c1)c1ccc(C2(C(F)(F)F)CC2)cc1. The maximum atomic E-state index is 13.2. The summed E-state index contributed by atoms with van der Waals surface area (Å²) in [4.78, 5) is -0.625. The van der Waals surface area contributed by atoms with Crippen molar-refractivity contribution >= 4 is 15.7 Å². The van der Waals surface area contributed by atoms with E-state index in [1.54, 1.807) is 4.72 Å². The highest BCUT2D eigenvalue weighted by Gasteiger charge is 2.64. The van der Waals surface area contributed by atoms with E-state index in [1.165, 1.54) is 0 Å². The number of alkyl halides is 9. The monoisotopic (exact) mass is 477 g/mol. The van der Waals surface area contributed by atoms with Gasteiger partial charge in [0.2, 0.25) is 0 Å². The van der Waals surface area contributed by atoms with Crippen molar-refractivity contribution in [2.24, 2.45) is 0 Å². The second kappa shape index (κ2) is 7.04. The van der Waals surface area contributed by atoms with Crippen LogP contribution in [0.25, 0.3) is 0 Å². The third-order valence-electron chi connectivity index (χ3n) is 4.85. The van der Waals surface area contributed by atoms with Crippen LogP contribution in [0.1, 0.15) is 29.5 Å². The molecule has 0 radical (unpaired) electrons. The van der Waals surface area contributed by atoms with Crippen molar-refractivity contribution in [3.05, 3.63) is 59.2 Å². The van der Waals surface area contributed by atoms with Crippen LogP contribution in [0.4, 0.5) is 45.2 Å². The number of hydrogen-bond donors (Lipinski definition) is 1. The van der Waals surface area contributed by atoms with Gasteiger partial charge in [0.05, 0.1) is 27.1 Å². The molecular weight excluding hydrogens is 465 g/mol. The Hall–Kier alpha value is -2.44. The summed E-state index contributed by atoms with van der Waals surface area (Å²) in [6, 6.07) is 3.65. The zero-order chi connectivity index (χ0) is 23.5. The van der Waals surface area contributed by atoms with Gasteiger partial charge in [-0.05, 0) is 48.7 Å². The van der Waals surface area contributed by atoms with E-state index < -0.39 is 55.7 Å². The lowest BCUT2D eigenvalue weighted by molar-refractivity contribution is -0.160. The lowest BCUT2D eigenvalue weighted by Gasteiger charge is -2.20. The number of benzene rings is 2. The van der Waals surface area contributed by atoms with E-state index in [-0.39, 0.29) is 36.6 Å². The lowest BCUT2D eigenvalue weighted by atomic mass is 9.95. The van der Waals surface area contributed by atoms with Crippen molar-refractivity contribution in [3.8, 4) is 0 Å². The van der Waals surface area contributed by atoms with Crippen molar-refractivity contribution in [3.63, 3.8) is 0 Å². The maximum Gasteiger partial charge on any atom is 0.416 e. The number of anilines is 1. The van der Waals surface area contributed by atoms with Crippen LogP contribution in [-0.4, -0.2) is 14.6 Å². The molecule has 1 aliphatic carbocycles. The number of sulfonamides is 1. The van der Waals surface area contributed by atoms with Crippen LogP contribution in [-0.2, 0) is 27.8 Å². The lowest BCUT2D eigenvalue weighted by Crippen LogP contribution is -2.28. The summed E-state index contributed by atoms with van der Waals surface area (Å²) < 4.78 is 143. The topological polar surface area (TPSA) is 46.2 Å². The number of hydrogen-bond acceptors (Lipinski definition) is 2. The average molecular weight is 477 g/mol. The molecule has 0 saturated heterocycles. The minimum atomic E-state index is -5.18. The van der Waals surface area contributed by atoms with Crippen molar-refractivity contribution < 1.29 is 47.9 Å². The van der Waals surface area contributed by atoms with Gasteiger partial charge in [-0.1, -0.05) is 12.1 Å². The molecule has 1 fully saturated rings. The Bertz CT molecular complexity index is 1050. The molecule has 0 amide bonds. The molecule has 0 bridgehead atoms. The molecule has 0 unspecified atom stereocenters. The molecule has 2 aromatic carbocycles. The van der Waals surface area contributed by atoms with Gasteiger partial charge in [-0.2, -0.15) is 39.5 Å². The van der Waals surface area contributed by atoms with Crippen LogP contribution in [0, 0.1) is 0 Å². The minimum absolute atomic E-state index is 0.168. The van der Waals surface area contributed by atoms with E-state index in [1.807, 2.05) is 0 Å². The van der Waals surface area contributed by atoms with Gasteiger partial charge in [-0.15, -0.1) is 0 Å². The molecule has 1 saturated carbocycles. The smallest absolute Gasteiger partial charge is 0.280 e. The Morgan fingerprint density at radius 3 is 1.55 bits per heavy atom. The van der Waals surface area contributed by atoms with Gasteiger partial charge in [0.25, 0.3) is 10.0 Å². The summed E-state index contributed by atoms with van der Waals surface area (Å²) in [6.45, 7) is 0. The molecule has 3 nitrogen and oxygen atoms in total. The Balaban J connectivity index is 1.94. The molecule has 0 aromatic heterocycles. The van der Waals surface area contributed by atoms with Gasteiger partial charge in [-0.25, -0.2) is 8.42 Å². The first-order chi connectivity index (χ1) is 14.0. The molecule has 0 atom stereocenters. The van der Waals surface area contributed by atoms with Gasteiger partial charge in [0.15, 0.2) is 0 Å². The number of halogens is 9. The Morgan fingerprint density at radius 2 is 1.19 bits per heavy atom. The second-order valence-corrected chi connectivity index (χ2v) is 8.69. The normalized spacial score (nSPS) is 16.8. The first-order valence-corrected chi connectivity index (χ1v) is 9.94. The minimum Gasteiger partial charge on any atom is -0.280 e. The van der Waals surface area contributed by atoms with Crippen molar-refractivity contribution in [2.75, 3.05) is 4.72 Å². The fourth-order valence-corrected chi connectivity index (χ4v) is 4.08. The highest BCUT2D eigenvalue weighted by Crippen LogP contribution is 2.58. The fraction of sp³-hybridized carbons (Fsp3) is 0.333. The van der Waals surface area contributed by atoms with Crippen molar-refractivity contribution in [2.45, 2.75) is 41.7 Å². The first kappa shape index (κ1) is 23.2. The van der Waals surface area contributed by atoms with Gasteiger partial charge in [0, 0.05) is 0 Å². The van der Waals surface area contributed by atoms with Crippen molar-refractivity contribution in [1.82, 2.24) is 0 Å². The van der Waals surface area contributed by atoms with E-state index in [0.717, 1.165) is 24.3 Å². The largest absolute Gasteiger partial charge is 0.416 e. The van der Waals surface area contributed by atoms with E-state index in [9.17, 15) is 47.9 Å². The van der Waals surface area contributed by atoms with Crippen molar-refractivity contribution in [1.29, 1.82) is 0 Å². The number of rotatable bonds is 4. The highest BCUT2D eigenvalue weighted by molar-refractivity contribution is 7.92. The number of nitrogens with one attached hydrogen (secondary N) is 1. The van der Waals surface area contributed by atoms with Crippen LogP contribution in [0.3, 0.4) is 0 Å². The summed E-state index contributed by atoms with van der Waals surface area (Å²) in [7, 11) is -4.68. The van der Waals surface area contributed by atoms with Gasteiger partial charge in [-0.3, -0.25) is 4.72 Å². The molecule has 3 rings (SSSR count). The van der Waals surface area contributed by atoms with E-state index in [2.05, 4.69) is 0 Å². The molecule has 1 aliphatic rings. The average Bonchev–Trinajstić information content (AvgIpc) is 3.41.